The summed E-state index contributed by atoms with van der Waals surface area (Å²) in [6.07, 6.45) is 1.02. The summed E-state index contributed by atoms with van der Waals surface area (Å²) < 4.78 is 5.31. The second-order valence-corrected chi connectivity index (χ2v) is 5.62. The van der Waals surface area contributed by atoms with Crippen molar-refractivity contribution in [2.75, 3.05) is 25.5 Å². The van der Waals surface area contributed by atoms with Crippen LogP contribution in [0.5, 0.6) is 0 Å². The molecule has 4 heteroatoms. The average Bonchev–Trinajstić information content (AvgIpc) is 2.42. The number of aryl methyl sites for hydroxylation is 1. The maximum atomic E-state index is 12.3. The molecule has 0 aliphatic heterocycles. The first-order valence-corrected chi connectivity index (χ1v) is 7.07. The van der Waals surface area contributed by atoms with E-state index in [4.69, 9.17) is 4.74 Å². The number of nitrogens with one attached hydrogen (secondary N) is 2. The largest absolute Gasteiger partial charge is 0.384 e. The van der Waals surface area contributed by atoms with Crippen molar-refractivity contribution < 1.29 is 9.53 Å². The Morgan fingerprint density at radius 1 is 1.35 bits per heavy atom. The third-order valence-corrected chi connectivity index (χ3v) is 3.21. The number of methoxy groups -OCH3 is 1. The zero-order chi connectivity index (χ0) is 15.2. The summed E-state index contributed by atoms with van der Waals surface area (Å²) in [5.74, 6) is -0.0753. The van der Waals surface area contributed by atoms with Crippen molar-refractivity contribution in [2.24, 2.45) is 0 Å². The summed E-state index contributed by atoms with van der Waals surface area (Å²) in [6, 6.07) is 5.82. The van der Waals surface area contributed by atoms with Crippen molar-refractivity contribution in [1.82, 2.24) is 5.32 Å². The molecule has 0 aliphatic carbocycles. The number of carbonyl (C=O) groups is 1. The molecule has 0 spiro atoms. The number of ether oxygens (including phenoxy) is 1. The van der Waals surface area contributed by atoms with Crippen molar-refractivity contribution in [2.45, 2.75) is 39.7 Å². The van der Waals surface area contributed by atoms with Gasteiger partial charge < -0.3 is 15.4 Å². The van der Waals surface area contributed by atoms with E-state index in [1.165, 1.54) is 0 Å². The molecule has 0 saturated carbocycles. The van der Waals surface area contributed by atoms with Gasteiger partial charge in [-0.1, -0.05) is 13.0 Å². The minimum absolute atomic E-state index is 0.0753. The minimum Gasteiger partial charge on any atom is -0.384 e. The van der Waals surface area contributed by atoms with Crippen LogP contribution in [0.3, 0.4) is 0 Å². The van der Waals surface area contributed by atoms with Crippen molar-refractivity contribution in [3.8, 4) is 0 Å². The molecule has 0 fully saturated rings. The number of anilines is 1. The van der Waals surface area contributed by atoms with Gasteiger partial charge in [-0.15, -0.1) is 0 Å². The lowest BCUT2D eigenvalue weighted by molar-refractivity contribution is 0.0229. The van der Waals surface area contributed by atoms with E-state index in [0.717, 1.165) is 24.2 Å². The molecule has 0 saturated heterocycles. The second-order valence-electron chi connectivity index (χ2n) is 5.62. The molecule has 1 rings (SSSR count). The third-order valence-electron chi connectivity index (χ3n) is 3.21. The van der Waals surface area contributed by atoms with Gasteiger partial charge in [0.1, 0.15) is 0 Å². The first-order chi connectivity index (χ1) is 9.39. The minimum atomic E-state index is -0.364. The van der Waals surface area contributed by atoms with E-state index in [1.54, 1.807) is 7.11 Å². The van der Waals surface area contributed by atoms with E-state index in [-0.39, 0.29) is 11.5 Å². The van der Waals surface area contributed by atoms with Crippen molar-refractivity contribution >= 4 is 11.6 Å². The number of benzene rings is 1. The number of hydrogen-bond acceptors (Lipinski definition) is 3. The van der Waals surface area contributed by atoms with E-state index in [2.05, 4.69) is 17.6 Å². The van der Waals surface area contributed by atoms with Gasteiger partial charge in [0.25, 0.3) is 5.91 Å². The zero-order valence-electron chi connectivity index (χ0n) is 13.2. The topological polar surface area (TPSA) is 50.4 Å². The van der Waals surface area contributed by atoms with Crippen molar-refractivity contribution in [3.63, 3.8) is 0 Å². The standard InChI is InChI=1S/C16H26N2O2/c1-6-9-17-14-10-12(2)7-8-13(14)15(19)18-11-16(3,4)20-5/h7-8,10,17H,6,9,11H2,1-5H3,(H,18,19). The maximum absolute atomic E-state index is 12.3. The second kappa shape index (κ2) is 7.29. The quantitative estimate of drug-likeness (QED) is 0.806. The Hall–Kier alpha value is -1.55. The zero-order valence-corrected chi connectivity index (χ0v) is 13.2. The Labute approximate surface area is 121 Å². The highest BCUT2D eigenvalue weighted by molar-refractivity contribution is 5.99. The fraction of sp³-hybridized carbons (Fsp3) is 0.562. The van der Waals surface area contributed by atoms with Gasteiger partial charge in [-0.3, -0.25) is 4.79 Å². The van der Waals surface area contributed by atoms with Crippen LogP contribution < -0.4 is 10.6 Å². The number of hydrogen-bond donors (Lipinski definition) is 2. The fourth-order valence-corrected chi connectivity index (χ4v) is 1.72. The molecule has 0 heterocycles. The lowest BCUT2D eigenvalue weighted by Gasteiger charge is -2.23. The molecule has 0 unspecified atom stereocenters. The van der Waals surface area contributed by atoms with Crippen LogP contribution in [0.1, 0.15) is 43.1 Å². The summed E-state index contributed by atoms with van der Waals surface area (Å²) in [4.78, 5) is 12.3. The lowest BCUT2D eigenvalue weighted by Crippen LogP contribution is -2.39. The summed E-state index contributed by atoms with van der Waals surface area (Å²) in [5, 5.41) is 6.23. The Morgan fingerprint density at radius 2 is 2.05 bits per heavy atom. The van der Waals surface area contributed by atoms with Gasteiger partial charge in [0.05, 0.1) is 11.2 Å². The first-order valence-electron chi connectivity index (χ1n) is 7.07. The van der Waals surface area contributed by atoms with Crippen molar-refractivity contribution in [1.29, 1.82) is 0 Å². The highest BCUT2D eigenvalue weighted by Crippen LogP contribution is 2.18. The van der Waals surface area contributed by atoms with E-state index < -0.39 is 0 Å². The van der Waals surface area contributed by atoms with E-state index in [1.807, 2.05) is 39.0 Å². The molecule has 1 amide bonds. The molecule has 1 aromatic rings. The molecular weight excluding hydrogens is 252 g/mol. The third kappa shape index (κ3) is 4.85. The Morgan fingerprint density at radius 3 is 2.65 bits per heavy atom. The summed E-state index contributed by atoms with van der Waals surface area (Å²) in [6.45, 7) is 9.34. The van der Waals surface area contributed by atoms with Crippen LogP contribution in [0.25, 0.3) is 0 Å². The first kappa shape index (κ1) is 16.5. The van der Waals surface area contributed by atoms with Crippen LogP contribution in [0.2, 0.25) is 0 Å². The highest BCUT2D eigenvalue weighted by atomic mass is 16.5. The van der Waals surface area contributed by atoms with Crippen LogP contribution in [0, 0.1) is 6.92 Å². The SMILES string of the molecule is CCCNc1cc(C)ccc1C(=O)NCC(C)(C)OC. The Kier molecular flexibility index (Phi) is 6.02. The predicted octanol–water partition coefficient (Wildman–Crippen LogP) is 2.97. The van der Waals surface area contributed by atoms with Gasteiger partial charge in [-0.05, 0) is 44.9 Å². The molecule has 4 nitrogen and oxygen atoms in total. The predicted molar refractivity (Wildman–Crippen MR) is 83.4 cm³/mol. The number of carbonyl (C=O) groups excluding carboxylic acids is 1. The molecule has 2 N–H and O–H groups in total. The number of amides is 1. The van der Waals surface area contributed by atoms with Gasteiger partial charge in [0.15, 0.2) is 0 Å². The molecule has 20 heavy (non-hydrogen) atoms. The van der Waals surface area contributed by atoms with Gasteiger partial charge in [-0.25, -0.2) is 0 Å². The average molecular weight is 278 g/mol. The normalized spacial score (nSPS) is 11.2. The Balaban J connectivity index is 2.81. The van der Waals surface area contributed by atoms with E-state index in [9.17, 15) is 4.79 Å². The van der Waals surface area contributed by atoms with Crippen LogP contribution in [-0.4, -0.2) is 31.7 Å². The van der Waals surface area contributed by atoms with Crippen LogP contribution in [0.15, 0.2) is 18.2 Å². The maximum Gasteiger partial charge on any atom is 0.253 e. The molecule has 0 aliphatic rings. The molecule has 0 radical (unpaired) electrons. The fourth-order valence-electron chi connectivity index (χ4n) is 1.72. The van der Waals surface area contributed by atoms with Crippen LogP contribution in [0.4, 0.5) is 5.69 Å². The van der Waals surface area contributed by atoms with E-state index >= 15 is 0 Å². The van der Waals surface area contributed by atoms with Crippen molar-refractivity contribution in [3.05, 3.63) is 29.3 Å². The lowest BCUT2D eigenvalue weighted by atomic mass is 10.1. The van der Waals surface area contributed by atoms with Crippen LogP contribution >= 0.6 is 0 Å². The van der Waals surface area contributed by atoms with Gasteiger partial charge in [0.2, 0.25) is 0 Å². The van der Waals surface area contributed by atoms with Gasteiger partial charge >= 0.3 is 0 Å². The van der Waals surface area contributed by atoms with Crippen LogP contribution in [-0.2, 0) is 4.74 Å². The summed E-state index contributed by atoms with van der Waals surface area (Å²) in [5.41, 5.74) is 2.34. The molecule has 1 aromatic carbocycles. The van der Waals surface area contributed by atoms with Gasteiger partial charge in [0, 0.05) is 25.9 Å². The van der Waals surface area contributed by atoms with Gasteiger partial charge in [-0.2, -0.15) is 0 Å². The molecule has 112 valence electrons. The molecule has 0 bridgehead atoms. The molecule has 0 aromatic heterocycles. The Bertz CT molecular complexity index is 456. The summed E-state index contributed by atoms with van der Waals surface area (Å²) in [7, 11) is 1.65. The number of rotatable bonds is 7. The highest BCUT2D eigenvalue weighted by Gasteiger charge is 2.19. The summed E-state index contributed by atoms with van der Waals surface area (Å²) >= 11 is 0. The smallest absolute Gasteiger partial charge is 0.253 e. The molecular formula is C16H26N2O2. The monoisotopic (exact) mass is 278 g/mol. The molecule has 0 atom stereocenters. The van der Waals surface area contributed by atoms with E-state index in [0.29, 0.717) is 12.1 Å².